The molecule has 2 aromatic carbocycles. The minimum absolute atomic E-state index is 0.0640. The van der Waals surface area contributed by atoms with Crippen molar-refractivity contribution in [1.29, 1.82) is 0 Å². The van der Waals surface area contributed by atoms with E-state index in [0.29, 0.717) is 11.2 Å². The molecule has 25 heavy (non-hydrogen) atoms. The Morgan fingerprint density at radius 3 is 2.68 bits per heavy atom. The van der Waals surface area contributed by atoms with Gasteiger partial charge in [-0.2, -0.15) is 0 Å². The number of halogens is 1. The van der Waals surface area contributed by atoms with Crippen LogP contribution in [0.1, 0.15) is 11.1 Å². The van der Waals surface area contributed by atoms with E-state index in [2.05, 4.69) is 35.4 Å². The van der Waals surface area contributed by atoms with Crippen LogP contribution in [-0.4, -0.2) is 0 Å². The summed E-state index contributed by atoms with van der Waals surface area (Å²) in [6, 6.07) is 11.1. The van der Waals surface area contributed by atoms with Crippen LogP contribution in [0, 0.1) is 26.2 Å². The molecule has 0 amide bonds. The second-order valence-corrected chi connectivity index (χ2v) is 6.32. The molecule has 4 heteroatoms. The number of rotatable bonds is 1. The van der Waals surface area contributed by atoms with Gasteiger partial charge in [0, 0.05) is 22.9 Å². The molecule has 0 spiro atoms. The van der Waals surface area contributed by atoms with E-state index in [1.54, 1.807) is 6.07 Å². The standard InChI is InChI=1S/C21H16FN2O/c1-12-9-10-24(4)16(11-12)18-13(2)5-8-17-19(18)14-6-7-15(22)20(23-3)21(14)25-17/h5-11H,1-2,4H3/q+1. The summed E-state index contributed by atoms with van der Waals surface area (Å²) in [5.41, 5.74) is 5.27. The third kappa shape index (κ3) is 2.20. The smallest absolute Gasteiger partial charge is 0.264 e. The zero-order valence-corrected chi connectivity index (χ0v) is 14.2. The van der Waals surface area contributed by atoms with E-state index in [1.807, 2.05) is 25.4 Å². The molecule has 3 nitrogen and oxygen atoms in total. The molecule has 0 saturated carbocycles. The Labute approximate surface area is 144 Å². The van der Waals surface area contributed by atoms with Crippen LogP contribution in [0.15, 0.2) is 47.0 Å². The van der Waals surface area contributed by atoms with E-state index in [-0.39, 0.29) is 5.69 Å². The lowest BCUT2D eigenvalue weighted by Gasteiger charge is -2.07. The Bertz CT molecular complexity index is 1200. The monoisotopic (exact) mass is 331 g/mol. The molecule has 0 aliphatic heterocycles. The average Bonchev–Trinajstić information content (AvgIpc) is 2.96. The summed E-state index contributed by atoms with van der Waals surface area (Å²) in [6.07, 6.45) is 2.02. The molecule has 0 N–H and O–H groups in total. The van der Waals surface area contributed by atoms with Crippen LogP contribution < -0.4 is 4.57 Å². The number of nitrogens with zero attached hydrogens (tertiary/aromatic N) is 2. The number of pyridine rings is 1. The average molecular weight is 331 g/mol. The van der Waals surface area contributed by atoms with Gasteiger partial charge in [-0.15, -0.1) is 0 Å². The second kappa shape index (κ2) is 5.42. The van der Waals surface area contributed by atoms with E-state index in [0.717, 1.165) is 33.2 Å². The van der Waals surface area contributed by atoms with Crippen molar-refractivity contribution in [2.45, 2.75) is 13.8 Å². The summed E-state index contributed by atoms with van der Waals surface area (Å²) >= 11 is 0. The van der Waals surface area contributed by atoms with Gasteiger partial charge in [-0.1, -0.05) is 12.1 Å². The van der Waals surface area contributed by atoms with Gasteiger partial charge in [0.25, 0.3) is 5.69 Å². The third-order valence-electron chi connectivity index (χ3n) is 4.61. The Hall–Kier alpha value is -3.19. The predicted octanol–water partition coefficient (Wildman–Crippen LogP) is 5.38. The highest BCUT2D eigenvalue weighted by molar-refractivity contribution is 6.15. The molecule has 0 aliphatic carbocycles. The Morgan fingerprint density at radius 2 is 1.92 bits per heavy atom. The zero-order chi connectivity index (χ0) is 17.7. The molecular formula is C21H16FN2O+. The number of hydrogen-bond donors (Lipinski definition) is 0. The van der Waals surface area contributed by atoms with Crippen LogP contribution in [0.2, 0.25) is 0 Å². The molecule has 0 fully saturated rings. The number of hydrogen-bond acceptors (Lipinski definition) is 1. The normalized spacial score (nSPS) is 11.2. The number of aryl methyl sites for hydroxylation is 3. The lowest BCUT2D eigenvalue weighted by Crippen LogP contribution is -2.30. The van der Waals surface area contributed by atoms with Gasteiger partial charge in [0.2, 0.25) is 5.69 Å². The highest BCUT2D eigenvalue weighted by atomic mass is 19.1. The van der Waals surface area contributed by atoms with Crippen LogP contribution in [-0.2, 0) is 7.05 Å². The number of aromatic nitrogens is 1. The molecule has 2 aromatic heterocycles. The minimum atomic E-state index is -0.555. The molecule has 4 aromatic rings. The van der Waals surface area contributed by atoms with Crippen molar-refractivity contribution in [3.05, 3.63) is 71.0 Å². The predicted molar refractivity (Wildman–Crippen MR) is 96.0 cm³/mol. The van der Waals surface area contributed by atoms with Crippen molar-refractivity contribution >= 4 is 27.6 Å². The number of benzene rings is 2. The summed E-state index contributed by atoms with van der Waals surface area (Å²) in [4.78, 5) is 3.33. The molecule has 0 unspecified atom stereocenters. The van der Waals surface area contributed by atoms with Gasteiger partial charge in [-0.3, -0.25) is 0 Å². The first-order valence-electron chi connectivity index (χ1n) is 7.99. The van der Waals surface area contributed by atoms with Crippen LogP contribution in [0.25, 0.3) is 38.0 Å². The molecule has 0 aliphatic rings. The number of fused-ring (bicyclic) bond motifs is 3. The molecule has 2 heterocycles. The molecule has 0 bridgehead atoms. The van der Waals surface area contributed by atoms with Crippen LogP contribution >= 0.6 is 0 Å². The molecule has 0 radical (unpaired) electrons. The first kappa shape index (κ1) is 15.3. The van der Waals surface area contributed by atoms with Crippen molar-refractivity contribution in [2.24, 2.45) is 7.05 Å². The summed E-state index contributed by atoms with van der Waals surface area (Å²) in [5.74, 6) is -0.555. The molecule has 4 rings (SSSR count). The fourth-order valence-corrected chi connectivity index (χ4v) is 3.36. The first-order valence-corrected chi connectivity index (χ1v) is 7.99. The van der Waals surface area contributed by atoms with Gasteiger partial charge < -0.3 is 4.42 Å². The largest absolute Gasteiger partial charge is 0.467 e. The first-order chi connectivity index (χ1) is 12.0. The Morgan fingerprint density at radius 1 is 1.12 bits per heavy atom. The third-order valence-corrected chi connectivity index (χ3v) is 4.61. The molecular weight excluding hydrogens is 315 g/mol. The summed E-state index contributed by atoms with van der Waals surface area (Å²) < 4.78 is 21.9. The molecule has 122 valence electrons. The van der Waals surface area contributed by atoms with E-state index < -0.39 is 5.82 Å². The highest BCUT2D eigenvalue weighted by Crippen LogP contribution is 2.41. The fourth-order valence-electron chi connectivity index (χ4n) is 3.36. The van der Waals surface area contributed by atoms with Gasteiger partial charge in [-0.25, -0.2) is 13.8 Å². The zero-order valence-electron chi connectivity index (χ0n) is 14.2. The molecule has 0 atom stereocenters. The van der Waals surface area contributed by atoms with E-state index in [9.17, 15) is 4.39 Å². The van der Waals surface area contributed by atoms with E-state index >= 15 is 0 Å². The van der Waals surface area contributed by atoms with Crippen molar-refractivity contribution in [2.75, 3.05) is 0 Å². The van der Waals surface area contributed by atoms with Gasteiger partial charge in [0.1, 0.15) is 24.0 Å². The van der Waals surface area contributed by atoms with Crippen molar-refractivity contribution in [3.8, 4) is 11.3 Å². The maximum Gasteiger partial charge on any atom is 0.264 e. The SMILES string of the molecule is [C-]#[N+]c1c(F)ccc2c1oc1ccc(C)c(-c3cc(C)cc[n+]3C)c12. The van der Waals surface area contributed by atoms with Crippen LogP contribution in [0.4, 0.5) is 10.1 Å². The van der Waals surface area contributed by atoms with E-state index in [1.165, 1.54) is 6.07 Å². The second-order valence-electron chi connectivity index (χ2n) is 6.32. The van der Waals surface area contributed by atoms with Crippen LogP contribution in [0.3, 0.4) is 0 Å². The van der Waals surface area contributed by atoms with Crippen LogP contribution in [0.5, 0.6) is 0 Å². The van der Waals surface area contributed by atoms with Gasteiger partial charge in [-0.05, 0) is 37.1 Å². The Balaban J connectivity index is 2.22. The van der Waals surface area contributed by atoms with Crippen molar-refractivity contribution < 1.29 is 13.4 Å². The van der Waals surface area contributed by atoms with Gasteiger partial charge in [0.15, 0.2) is 6.20 Å². The van der Waals surface area contributed by atoms with E-state index in [4.69, 9.17) is 11.0 Å². The van der Waals surface area contributed by atoms with Crippen molar-refractivity contribution in [3.63, 3.8) is 0 Å². The maximum atomic E-state index is 14.0. The minimum Gasteiger partial charge on any atom is -0.467 e. The summed E-state index contributed by atoms with van der Waals surface area (Å²) in [6.45, 7) is 11.4. The lowest BCUT2D eigenvalue weighted by atomic mass is 9.97. The van der Waals surface area contributed by atoms with Crippen molar-refractivity contribution in [1.82, 2.24) is 0 Å². The van der Waals surface area contributed by atoms with Gasteiger partial charge in [0.05, 0.1) is 12.1 Å². The highest BCUT2D eigenvalue weighted by Gasteiger charge is 2.22. The maximum absolute atomic E-state index is 14.0. The summed E-state index contributed by atoms with van der Waals surface area (Å²) in [5, 5.41) is 1.68. The lowest BCUT2D eigenvalue weighted by molar-refractivity contribution is -0.660. The quantitative estimate of drug-likeness (QED) is 0.339. The number of furan rings is 1. The fraction of sp³-hybridized carbons (Fsp3) is 0.143. The summed E-state index contributed by atoms with van der Waals surface area (Å²) in [7, 11) is 2.00. The Kier molecular flexibility index (Phi) is 3.33. The molecule has 0 saturated heterocycles. The topological polar surface area (TPSA) is 21.4 Å². The van der Waals surface area contributed by atoms with Gasteiger partial charge >= 0.3 is 0 Å².